The van der Waals surface area contributed by atoms with Crippen LogP contribution in [0.25, 0.3) is 0 Å². The molecule has 2 aromatic rings. The zero-order valence-electron chi connectivity index (χ0n) is 13.6. The number of aromatic nitrogens is 1. The number of para-hydroxylation sites is 1. The van der Waals surface area contributed by atoms with E-state index in [-0.39, 0.29) is 0 Å². The van der Waals surface area contributed by atoms with Gasteiger partial charge in [-0.15, -0.1) is 0 Å². The zero-order chi connectivity index (χ0) is 15.9. The third kappa shape index (κ3) is 3.89. The molecule has 0 amide bonds. The molecule has 0 saturated heterocycles. The van der Waals surface area contributed by atoms with E-state index in [1.54, 1.807) is 14.2 Å². The Hall–Kier alpha value is -2.27. The Labute approximate surface area is 131 Å². The Kier molecular flexibility index (Phi) is 5.61. The Morgan fingerprint density at radius 1 is 1.05 bits per heavy atom. The van der Waals surface area contributed by atoms with Gasteiger partial charge in [-0.05, 0) is 17.7 Å². The lowest BCUT2D eigenvalue weighted by Gasteiger charge is -2.14. The molecule has 1 aromatic carbocycles. The van der Waals surface area contributed by atoms with Crippen molar-refractivity contribution < 1.29 is 9.47 Å². The van der Waals surface area contributed by atoms with Crippen LogP contribution in [0.1, 0.15) is 11.1 Å². The van der Waals surface area contributed by atoms with Gasteiger partial charge >= 0.3 is 0 Å². The zero-order valence-corrected chi connectivity index (χ0v) is 13.6. The first kappa shape index (κ1) is 16.1. The van der Waals surface area contributed by atoms with Gasteiger partial charge in [-0.25, -0.2) is 4.98 Å². The second kappa shape index (κ2) is 7.66. The van der Waals surface area contributed by atoms with Gasteiger partial charge in [-0.3, -0.25) is 0 Å². The molecular formula is C17H23N3O2. The van der Waals surface area contributed by atoms with Crippen molar-refractivity contribution in [3.63, 3.8) is 0 Å². The third-order valence-corrected chi connectivity index (χ3v) is 3.40. The first-order valence-corrected chi connectivity index (χ1v) is 7.18. The molecule has 0 bridgehead atoms. The van der Waals surface area contributed by atoms with Crippen molar-refractivity contribution in [3.8, 4) is 11.5 Å². The minimum atomic E-state index is 0.704. The molecule has 22 heavy (non-hydrogen) atoms. The monoisotopic (exact) mass is 301 g/mol. The Morgan fingerprint density at radius 2 is 1.86 bits per heavy atom. The van der Waals surface area contributed by atoms with E-state index in [2.05, 4.69) is 16.4 Å². The number of ether oxygens (including phenoxy) is 2. The number of methoxy groups -OCH3 is 2. The molecule has 0 fully saturated rings. The molecule has 0 aliphatic carbocycles. The number of nitrogens with zero attached hydrogens (tertiary/aromatic N) is 2. The molecule has 5 heteroatoms. The minimum Gasteiger partial charge on any atom is -0.493 e. The van der Waals surface area contributed by atoms with Crippen LogP contribution in [-0.2, 0) is 13.1 Å². The molecule has 1 heterocycles. The summed E-state index contributed by atoms with van der Waals surface area (Å²) in [7, 11) is 7.27. The molecule has 0 spiro atoms. The molecule has 1 aromatic heterocycles. The highest BCUT2D eigenvalue weighted by atomic mass is 16.5. The van der Waals surface area contributed by atoms with Crippen molar-refractivity contribution in [1.29, 1.82) is 0 Å². The summed E-state index contributed by atoms with van der Waals surface area (Å²) in [4.78, 5) is 6.39. The van der Waals surface area contributed by atoms with E-state index in [0.717, 1.165) is 35.0 Å². The molecule has 0 saturated carbocycles. The summed E-state index contributed by atoms with van der Waals surface area (Å²) in [5.74, 6) is 2.48. The molecule has 0 aliphatic rings. The van der Waals surface area contributed by atoms with Crippen molar-refractivity contribution in [2.45, 2.75) is 13.1 Å². The van der Waals surface area contributed by atoms with Crippen molar-refractivity contribution in [2.24, 2.45) is 0 Å². The Balaban J connectivity index is 1.96. The lowest BCUT2D eigenvalue weighted by molar-refractivity contribution is 0.350. The van der Waals surface area contributed by atoms with Gasteiger partial charge in [0.15, 0.2) is 11.5 Å². The number of hydrogen-bond acceptors (Lipinski definition) is 5. The van der Waals surface area contributed by atoms with Crippen molar-refractivity contribution in [2.75, 3.05) is 33.2 Å². The van der Waals surface area contributed by atoms with Crippen molar-refractivity contribution in [3.05, 3.63) is 47.7 Å². The quantitative estimate of drug-likeness (QED) is 0.851. The first-order chi connectivity index (χ1) is 10.7. The van der Waals surface area contributed by atoms with Crippen molar-refractivity contribution in [1.82, 2.24) is 10.3 Å². The van der Waals surface area contributed by atoms with Crippen LogP contribution in [0.4, 0.5) is 5.82 Å². The topological polar surface area (TPSA) is 46.6 Å². The van der Waals surface area contributed by atoms with Crippen LogP contribution >= 0.6 is 0 Å². The summed E-state index contributed by atoms with van der Waals surface area (Å²) >= 11 is 0. The van der Waals surface area contributed by atoms with E-state index >= 15 is 0 Å². The second-order valence-electron chi connectivity index (χ2n) is 5.18. The van der Waals surface area contributed by atoms with E-state index < -0.39 is 0 Å². The van der Waals surface area contributed by atoms with Crippen LogP contribution in [0.5, 0.6) is 11.5 Å². The van der Waals surface area contributed by atoms with Crippen LogP contribution in [0.3, 0.4) is 0 Å². The van der Waals surface area contributed by atoms with Gasteiger partial charge in [0, 0.05) is 38.9 Å². The average molecular weight is 301 g/mol. The molecule has 2 rings (SSSR count). The maximum Gasteiger partial charge on any atom is 0.165 e. The fourth-order valence-corrected chi connectivity index (χ4v) is 2.22. The van der Waals surface area contributed by atoms with Crippen molar-refractivity contribution >= 4 is 5.82 Å². The highest BCUT2D eigenvalue weighted by Crippen LogP contribution is 2.30. The lowest BCUT2D eigenvalue weighted by atomic mass is 10.1. The number of hydrogen-bond donors (Lipinski definition) is 1. The van der Waals surface area contributed by atoms with Gasteiger partial charge < -0.3 is 19.7 Å². The van der Waals surface area contributed by atoms with E-state index in [9.17, 15) is 0 Å². The van der Waals surface area contributed by atoms with Crippen LogP contribution in [0.15, 0.2) is 36.5 Å². The maximum atomic E-state index is 5.43. The van der Waals surface area contributed by atoms with Gasteiger partial charge in [-0.2, -0.15) is 0 Å². The van der Waals surface area contributed by atoms with Gasteiger partial charge in [0.2, 0.25) is 0 Å². The highest BCUT2D eigenvalue weighted by Gasteiger charge is 2.08. The van der Waals surface area contributed by atoms with Gasteiger partial charge in [0.25, 0.3) is 0 Å². The number of pyridine rings is 1. The summed E-state index contributed by atoms with van der Waals surface area (Å²) in [5.41, 5.74) is 2.21. The summed E-state index contributed by atoms with van der Waals surface area (Å²) < 4.78 is 10.7. The van der Waals surface area contributed by atoms with Crippen LogP contribution < -0.4 is 19.7 Å². The molecule has 0 unspecified atom stereocenters. The molecule has 0 atom stereocenters. The first-order valence-electron chi connectivity index (χ1n) is 7.18. The lowest BCUT2D eigenvalue weighted by Crippen LogP contribution is -2.15. The average Bonchev–Trinajstić information content (AvgIpc) is 2.55. The summed E-state index contributed by atoms with van der Waals surface area (Å²) in [6.07, 6.45) is 1.89. The number of rotatable bonds is 7. The molecule has 118 valence electrons. The fourth-order valence-electron chi connectivity index (χ4n) is 2.22. The second-order valence-corrected chi connectivity index (χ2v) is 5.18. The van der Waals surface area contributed by atoms with Gasteiger partial charge in [0.1, 0.15) is 5.82 Å². The SMILES string of the molecule is COc1cccc(CNCc2ccc(N(C)C)nc2)c1OC. The molecule has 1 N–H and O–H groups in total. The van der Waals surface area contributed by atoms with Crippen LogP contribution in [0, 0.1) is 0 Å². The Bertz CT molecular complexity index is 597. The predicted octanol–water partition coefficient (Wildman–Crippen LogP) is 2.45. The highest BCUT2D eigenvalue weighted by molar-refractivity contribution is 5.46. The smallest absolute Gasteiger partial charge is 0.165 e. The van der Waals surface area contributed by atoms with E-state index in [4.69, 9.17) is 9.47 Å². The number of benzene rings is 1. The largest absolute Gasteiger partial charge is 0.493 e. The number of anilines is 1. The number of nitrogens with one attached hydrogen (secondary N) is 1. The predicted molar refractivity (Wildman–Crippen MR) is 88.7 cm³/mol. The van der Waals surface area contributed by atoms with Gasteiger partial charge in [-0.1, -0.05) is 18.2 Å². The molecule has 0 radical (unpaired) electrons. The fraction of sp³-hybridized carbons (Fsp3) is 0.353. The minimum absolute atomic E-state index is 0.704. The Morgan fingerprint density at radius 3 is 2.45 bits per heavy atom. The molecular weight excluding hydrogens is 278 g/mol. The van der Waals surface area contributed by atoms with E-state index in [1.807, 2.05) is 49.5 Å². The standard InChI is InChI=1S/C17H23N3O2/c1-20(2)16-9-8-13(11-19-16)10-18-12-14-6-5-7-15(21-3)17(14)22-4/h5-9,11,18H,10,12H2,1-4H3. The maximum absolute atomic E-state index is 5.43. The molecule has 5 nitrogen and oxygen atoms in total. The third-order valence-electron chi connectivity index (χ3n) is 3.40. The normalized spacial score (nSPS) is 10.4. The molecule has 0 aliphatic heterocycles. The van der Waals surface area contributed by atoms with E-state index in [0.29, 0.717) is 6.54 Å². The van der Waals surface area contributed by atoms with E-state index in [1.165, 1.54) is 0 Å². The van der Waals surface area contributed by atoms with Crippen LogP contribution in [0.2, 0.25) is 0 Å². The summed E-state index contributed by atoms with van der Waals surface area (Å²) in [5, 5.41) is 3.40. The summed E-state index contributed by atoms with van der Waals surface area (Å²) in [6, 6.07) is 9.99. The summed E-state index contributed by atoms with van der Waals surface area (Å²) in [6.45, 7) is 1.46. The van der Waals surface area contributed by atoms with Gasteiger partial charge in [0.05, 0.1) is 14.2 Å². The van der Waals surface area contributed by atoms with Crippen LogP contribution in [-0.4, -0.2) is 33.3 Å².